The third kappa shape index (κ3) is 4.63. The number of benzene rings is 2. The van der Waals surface area contributed by atoms with Gasteiger partial charge in [-0.1, -0.05) is 43.7 Å². The lowest BCUT2D eigenvalue weighted by Gasteiger charge is -2.13. The van der Waals surface area contributed by atoms with Crippen molar-refractivity contribution in [3.05, 3.63) is 86.8 Å². The molecule has 34 heavy (non-hydrogen) atoms. The molecule has 0 saturated carbocycles. The lowest BCUT2D eigenvalue weighted by atomic mass is 10.1. The fourth-order valence-corrected chi connectivity index (χ4v) is 3.95. The smallest absolute Gasteiger partial charge is 0.330 e. The molecule has 4 rings (SSSR count). The predicted octanol–water partition coefficient (Wildman–Crippen LogP) is 3.57. The van der Waals surface area contributed by atoms with E-state index in [1.54, 1.807) is 16.7 Å². The van der Waals surface area contributed by atoms with E-state index in [-0.39, 0.29) is 12.5 Å². The van der Waals surface area contributed by atoms with Crippen molar-refractivity contribution in [2.45, 2.75) is 46.3 Å². The number of H-pyrrole nitrogens is 1. The summed E-state index contributed by atoms with van der Waals surface area (Å²) in [4.78, 5) is 45.0. The molecule has 0 atom stereocenters. The van der Waals surface area contributed by atoms with Gasteiger partial charge in [0, 0.05) is 24.5 Å². The van der Waals surface area contributed by atoms with E-state index >= 15 is 0 Å². The Bertz CT molecular complexity index is 1420. The van der Waals surface area contributed by atoms with E-state index in [0.717, 1.165) is 12.8 Å². The number of carbonyl (C=O) groups is 1. The average Bonchev–Trinajstić information content (AvgIpc) is 3.22. The van der Waals surface area contributed by atoms with Gasteiger partial charge in [-0.2, -0.15) is 0 Å². The summed E-state index contributed by atoms with van der Waals surface area (Å²) in [5.74, 6) is 0.375. The quantitative estimate of drug-likeness (QED) is 0.353. The fourth-order valence-electron chi connectivity index (χ4n) is 3.95. The van der Waals surface area contributed by atoms with E-state index in [1.165, 1.54) is 4.57 Å². The van der Waals surface area contributed by atoms with Gasteiger partial charge in [0.05, 0.1) is 12.1 Å². The number of nitrogens with zero attached hydrogens (tertiary/aromatic N) is 3. The molecule has 1 amide bonds. The monoisotopic (exact) mass is 460 g/mol. The Morgan fingerprint density at radius 1 is 1.00 bits per heavy atom. The molecule has 3 N–H and O–H groups in total. The number of anilines is 2. The van der Waals surface area contributed by atoms with Crippen LogP contribution in [0.15, 0.2) is 64.2 Å². The standard InChI is InChI=1S/C25H28N6O3/c1-3-5-15-31-22-21(24(33)29-25(31)34)30(4-2)20(28-22)16-26-19-14-10-9-13-18(19)23(32)27-17-11-7-6-8-12-17/h6-14,26H,3-5,15-16H2,1-2H3,(H,27,32)(H,29,33,34). The minimum Gasteiger partial charge on any atom is -0.377 e. The van der Waals surface area contributed by atoms with Gasteiger partial charge in [-0.3, -0.25) is 19.1 Å². The number of hydrogen-bond donors (Lipinski definition) is 3. The van der Waals surface area contributed by atoms with Crippen LogP contribution >= 0.6 is 0 Å². The van der Waals surface area contributed by atoms with Gasteiger partial charge in [0.2, 0.25) is 0 Å². The van der Waals surface area contributed by atoms with Crippen molar-refractivity contribution in [1.29, 1.82) is 0 Å². The number of aryl methyl sites for hydroxylation is 2. The largest absolute Gasteiger partial charge is 0.377 e. The van der Waals surface area contributed by atoms with E-state index < -0.39 is 11.2 Å². The highest BCUT2D eigenvalue weighted by Gasteiger charge is 2.18. The molecule has 0 aliphatic heterocycles. The van der Waals surface area contributed by atoms with Crippen LogP contribution in [-0.4, -0.2) is 25.0 Å². The molecule has 9 nitrogen and oxygen atoms in total. The molecule has 9 heteroatoms. The van der Waals surface area contributed by atoms with Crippen LogP contribution in [0.25, 0.3) is 11.2 Å². The first kappa shape index (κ1) is 23.0. The maximum Gasteiger partial charge on any atom is 0.330 e. The van der Waals surface area contributed by atoms with E-state index in [0.29, 0.717) is 47.0 Å². The highest BCUT2D eigenvalue weighted by Crippen LogP contribution is 2.19. The van der Waals surface area contributed by atoms with Crippen LogP contribution < -0.4 is 21.9 Å². The molecule has 0 aliphatic carbocycles. The van der Waals surface area contributed by atoms with Gasteiger partial charge in [0.1, 0.15) is 5.82 Å². The molecule has 0 aliphatic rings. The Hall–Kier alpha value is -4.14. The number of hydrogen-bond acceptors (Lipinski definition) is 5. The highest BCUT2D eigenvalue weighted by molar-refractivity contribution is 6.08. The van der Waals surface area contributed by atoms with Gasteiger partial charge in [-0.25, -0.2) is 9.78 Å². The molecule has 0 saturated heterocycles. The van der Waals surface area contributed by atoms with Crippen molar-refractivity contribution in [2.24, 2.45) is 0 Å². The molecule has 0 radical (unpaired) electrons. The summed E-state index contributed by atoms with van der Waals surface area (Å²) in [6.07, 6.45) is 1.72. The Labute approximate surface area is 196 Å². The summed E-state index contributed by atoms with van der Waals surface area (Å²) >= 11 is 0. The zero-order valence-electron chi connectivity index (χ0n) is 19.3. The van der Waals surface area contributed by atoms with Gasteiger partial charge in [0.25, 0.3) is 11.5 Å². The highest BCUT2D eigenvalue weighted by atomic mass is 16.2. The van der Waals surface area contributed by atoms with Crippen molar-refractivity contribution in [3.8, 4) is 0 Å². The molecular formula is C25H28N6O3. The number of imidazole rings is 1. The Balaban J connectivity index is 1.64. The van der Waals surface area contributed by atoms with E-state index in [4.69, 9.17) is 0 Å². The van der Waals surface area contributed by atoms with Gasteiger partial charge < -0.3 is 15.2 Å². The van der Waals surface area contributed by atoms with Gasteiger partial charge >= 0.3 is 5.69 Å². The molecule has 0 unspecified atom stereocenters. The molecule has 2 heterocycles. The first-order valence-electron chi connectivity index (χ1n) is 11.4. The second-order valence-electron chi connectivity index (χ2n) is 7.93. The molecule has 4 aromatic rings. The van der Waals surface area contributed by atoms with Crippen molar-refractivity contribution >= 4 is 28.4 Å². The Morgan fingerprint density at radius 2 is 1.74 bits per heavy atom. The SMILES string of the molecule is CCCCn1c(=O)[nH]c(=O)c2c1nc(CNc1ccccc1C(=O)Nc1ccccc1)n2CC. The normalized spacial score (nSPS) is 11.0. The van der Waals surface area contributed by atoms with Crippen LogP contribution in [0, 0.1) is 0 Å². The fraction of sp³-hybridized carbons (Fsp3) is 0.280. The summed E-state index contributed by atoms with van der Waals surface area (Å²) in [6.45, 7) is 5.24. The molecule has 0 fully saturated rings. The maximum absolute atomic E-state index is 12.9. The molecule has 0 spiro atoms. The second-order valence-corrected chi connectivity index (χ2v) is 7.93. The minimum absolute atomic E-state index is 0.233. The predicted molar refractivity (Wildman–Crippen MR) is 133 cm³/mol. The second kappa shape index (κ2) is 10.2. The molecular weight excluding hydrogens is 432 g/mol. The number of rotatable bonds is 9. The number of fused-ring (bicyclic) bond motifs is 1. The maximum atomic E-state index is 12.9. The van der Waals surface area contributed by atoms with Crippen LogP contribution in [-0.2, 0) is 19.6 Å². The molecule has 2 aromatic carbocycles. The van der Waals surface area contributed by atoms with Crippen LogP contribution in [0.5, 0.6) is 0 Å². The van der Waals surface area contributed by atoms with Crippen LogP contribution in [0.1, 0.15) is 42.9 Å². The summed E-state index contributed by atoms with van der Waals surface area (Å²) in [6, 6.07) is 16.5. The zero-order chi connectivity index (χ0) is 24.1. The van der Waals surface area contributed by atoms with Gasteiger partial charge in [-0.15, -0.1) is 0 Å². The summed E-state index contributed by atoms with van der Waals surface area (Å²) in [5, 5.41) is 6.18. The first-order chi connectivity index (χ1) is 16.5. The summed E-state index contributed by atoms with van der Waals surface area (Å²) in [5.41, 5.74) is 1.71. The molecule has 176 valence electrons. The first-order valence-corrected chi connectivity index (χ1v) is 11.4. The van der Waals surface area contributed by atoms with Crippen molar-refractivity contribution in [2.75, 3.05) is 10.6 Å². The number of aromatic nitrogens is 4. The van der Waals surface area contributed by atoms with Crippen molar-refractivity contribution < 1.29 is 4.79 Å². The van der Waals surface area contributed by atoms with Crippen LogP contribution in [0.3, 0.4) is 0 Å². The lowest BCUT2D eigenvalue weighted by molar-refractivity contribution is 0.102. The number of amides is 1. The van der Waals surface area contributed by atoms with Crippen LogP contribution in [0.2, 0.25) is 0 Å². The number of unbranched alkanes of at least 4 members (excludes halogenated alkanes) is 1. The van der Waals surface area contributed by atoms with Crippen LogP contribution in [0.4, 0.5) is 11.4 Å². The number of nitrogens with one attached hydrogen (secondary N) is 3. The van der Waals surface area contributed by atoms with Crippen molar-refractivity contribution in [3.63, 3.8) is 0 Å². The van der Waals surface area contributed by atoms with Gasteiger partial charge in [0.15, 0.2) is 11.2 Å². The third-order valence-corrected chi connectivity index (χ3v) is 5.66. The summed E-state index contributed by atoms with van der Waals surface area (Å²) < 4.78 is 3.33. The summed E-state index contributed by atoms with van der Waals surface area (Å²) in [7, 11) is 0. The number of carbonyl (C=O) groups excluding carboxylic acids is 1. The molecule has 0 bridgehead atoms. The Morgan fingerprint density at radius 3 is 2.47 bits per heavy atom. The Kier molecular flexibility index (Phi) is 6.91. The molecule has 2 aromatic heterocycles. The zero-order valence-corrected chi connectivity index (χ0v) is 19.3. The average molecular weight is 461 g/mol. The third-order valence-electron chi connectivity index (χ3n) is 5.66. The lowest BCUT2D eigenvalue weighted by Crippen LogP contribution is -2.31. The number of aromatic amines is 1. The van der Waals surface area contributed by atoms with E-state index in [2.05, 4.69) is 20.6 Å². The topological polar surface area (TPSA) is 114 Å². The van der Waals surface area contributed by atoms with Gasteiger partial charge in [-0.05, 0) is 37.6 Å². The van der Waals surface area contributed by atoms with E-state index in [1.807, 2.05) is 56.3 Å². The minimum atomic E-state index is -0.450. The van der Waals surface area contributed by atoms with E-state index in [9.17, 15) is 14.4 Å². The number of para-hydroxylation sites is 2. The van der Waals surface area contributed by atoms with Crippen molar-refractivity contribution in [1.82, 2.24) is 19.1 Å².